The zero-order valence-corrected chi connectivity index (χ0v) is 14.9. The van der Waals surface area contributed by atoms with Gasteiger partial charge in [0.15, 0.2) is 0 Å². The van der Waals surface area contributed by atoms with Crippen molar-refractivity contribution in [2.75, 3.05) is 24.6 Å². The third-order valence-corrected chi connectivity index (χ3v) is 5.13. The van der Waals surface area contributed by atoms with E-state index >= 15 is 0 Å². The smallest absolute Gasteiger partial charge is 0.330 e. The highest BCUT2D eigenvalue weighted by Crippen LogP contribution is 2.28. The summed E-state index contributed by atoms with van der Waals surface area (Å²) in [6, 6.07) is 0. The van der Waals surface area contributed by atoms with Crippen molar-refractivity contribution in [3.8, 4) is 0 Å². The summed E-state index contributed by atoms with van der Waals surface area (Å²) in [5, 5.41) is 12.0. The van der Waals surface area contributed by atoms with E-state index < -0.39 is 11.5 Å². The standard InChI is InChI=1S/C16H28N2O4S/c1-3-9-18(10-4-2)14(20)7-5-6-13(19)17-16(15(21)22)8-11-23-12-16/h3-12H2,1-2H3,(H,17,19)(H,21,22). The number of carboxylic acid groups (broad SMARTS) is 1. The number of thioether (sulfide) groups is 1. The van der Waals surface area contributed by atoms with Crippen LogP contribution in [0.4, 0.5) is 0 Å². The SMILES string of the molecule is CCCN(CCC)C(=O)CCCC(=O)NC1(C(=O)O)CCSC1. The zero-order valence-electron chi connectivity index (χ0n) is 14.1. The molecular formula is C16H28N2O4S. The lowest BCUT2D eigenvalue weighted by Crippen LogP contribution is -2.54. The van der Waals surface area contributed by atoms with Gasteiger partial charge in [-0.3, -0.25) is 9.59 Å². The molecule has 1 rings (SSSR count). The van der Waals surface area contributed by atoms with Gasteiger partial charge in [-0.1, -0.05) is 13.8 Å². The Labute approximate surface area is 142 Å². The number of aliphatic carboxylic acids is 1. The molecule has 2 N–H and O–H groups in total. The van der Waals surface area contributed by atoms with Gasteiger partial charge in [0, 0.05) is 31.7 Å². The summed E-state index contributed by atoms with van der Waals surface area (Å²) in [6.07, 6.45) is 3.28. The van der Waals surface area contributed by atoms with Crippen LogP contribution in [0.5, 0.6) is 0 Å². The Kier molecular flexibility index (Phi) is 8.44. The summed E-state index contributed by atoms with van der Waals surface area (Å²) in [5.74, 6) is -0.0166. The monoisotopic (exact) mass is 344 g/mol. The molecule has 1 atom stereocenters. The Balaban J connectivity index is 2.38. The molecule has 0 aromatic heterocycles. The van der Waals surface area contributed by atoms with Crippen molar-refractivity contribution in [3.05, 3.63) is 0 Å². The third kappa shape index (κ3) is 6.05. The lowest BCUT2D eigenvalue weighted by molar-refractivity contribution is -0.146. The maximum atomic E-state index is 12.1. The number of nitrogens with one attached hydrogen (secondary N) is 1. The van der Waals surface area contributed by atoms with E-state index in [2.05, 4.69) is 5.32 Å². The first-order chi connectivity index (χ1) is 10.9. The number of rotatable bonds is 10. The predicted molar refractivity (Wildman–Crippen MR) is 91.5 cm³/mol. The van der Waals surface area contributed by atoms with Crippen molar-refractivity contribution < 1.29 is 19.5 Å². The molecule has 0 aromatic carbocycles. The molecule has 0 bridgehead atoms. The Morgan fingerprint density at radius 3 is 2.30 bits per heavy atom. The second-order valence-corrected chi connectivity index (χ2v) is 7.08. The van der Waals surface area contributed by atoms with E-state index in [1.165, 1.54) is 11.8 Å². The summed E-state index contributed by atoms with van der Waals surface area (Å²) < 4.78 is 0. The number of nitrogens with zero attached hydrogens (tertiary/aromatic N) is 1. The first kappa shape index (κ1) is 19.8. The largest absolute Gasteiger partial charge is 0.479 e. The van der Waals surface area contributed by atoms with E-state index in [1.807, 2.05) is 18.7 Å². The van der Waals surface area contributed by atoms with Crippen LogP contribution >= 0.6 is 11.8 Å². The molecule has 1 heterocycles. The highest BCUT2D eigenvalue weighted by molar-refractivity contribution is 7.99. The van der Waals surface area contributed by atoms with Crippen LogP contribution in [-0.2, 0) is 14.4 Å². The van der Waals surface area contributed by atoms with Crippen molar-refractivity contribution in [1.82, 2.24) is 10.2 Å². The van der Waals surface area contributed by atoms with E-state index in [0.29, 0.717) is 25.0 Å². The van der Waals surface area contributed by atoms with Crippen LogP contribution in [0, 0.1) is 0 Å². The highest BCUT2D eigenvalue weighted by Gasteiger charge is 2.43. The lowest BCUT2D eigenvalue weighted by atomic mass is 9.99. The van der Waals surface area contributed by atoms with Gasteiger partial charge < -0.3 is 15.3 Å². The molecule has 6 nitrogen and oxygen atoms in total. The minimum absolute atomic E-state index is 0.0749. The molecule has 132 valence electrons. The number of hydrogen-bond acceptors (Lipinski definition) is 4. The quantitative estimate of drug-likeness (QED) is 0.632. The molecule has 7 heteroatoms. The summed E-state index contributed by atoms with van der Waals surface area (Å²) in [7, 11) is 0. The number of hydrogen-bond donors (Lipinski definition) is 2. The number of amides is 2. The Morgan fingerprint density at radius 1 is 1.17 bits per heavy atom. The molecule has 1 aliphatic heterocycles. The van der Waals surface area contributed by atoms with Crippen molar-refractivity contribution in [1.29, 1.82) is 0 Å². The Bertz CT molecular complexity index is 416. The average molecular weight is 344 g/mol. The average Bonchev–Trinajstić information content (AvgIpc) is 2.96. The molecule has 0 aromatic rings. The highest BCUT2D eigenvalue weighted by atomic mass is 32.2. The van der Waals surface area contributed by atoms with Crippen LogP contribution in [0.15, 0.2) is 0 Å². The summed E-state index contributed by atoms with van der Waals surface area (Å²) in [6.45, 7) is 5.57. The molecular weight excluding hydrogens is 316 g/mol. The van der Waals surface area contributed by atoms with Gasteiger partial charge in [-0.15, -0.1) is 0 Å². The van der Waals surface area contributed by atoms with E-state index in [0.717, 1.165) is 31.7 Å². The van der Waals surface area contributed by atoms with Gasteiger partial charge in [-0.05, 0) is 31.4 Å². The van der Waals surface area contributed by atoms with Crippen molar-refractivity contribution in [2.45, 2.75) is 57.9 Å². The van der Waals surface area contributed by atoms with Crippen molar-refractivity contribution >= 4 is 29.5 Å². The van der Waals surface area contributed by atoms with E-state index in [1.54, 1.807) is 0 Å². The van der Waals surface area contributed by atoms with Crippen LogP contribution < -0.4 is 5.32 Å². The molecule has 1 aliphatic rings. The van der Waals surface area contributed by atoms with Crippen molar-refractivity contribution in [3.63, 3.8) is 0 Å². The predicted octanol–water partition coefficient (Wildman–Crippen LogP) is 1.88. The Hall–Kier alpha value is -1.24. The van der Waals surface area contributed by atoms with E-state index in [4.69, 9.17) is 0 Å². The summed E-state index contributed by atoms with van der Waals surface area (Å²) in [4.78, 5) is 37.3. The molecule has 1 unspecified atom stereocenters. The Morgan fingerprint density at radius 2 is 1.83 bits per heavy atom. The maximum absolute atomic E-state index is 12.1. The van der Waals surface area contributed by atoms with Crippen LogP contribution in [0.2, 0.25) is 0 Å². The van der Waals surface area contributed by atoms with Crippen molar-refractivity contribution in [2.24, 2.45) is 0 Å². The molecule has 1 saturated heterocycles. The third-order valence-electron chi connectivity index (χ3n) is 3.94. The van der Waals surface area contributed by atoms with Gasteiger partial charge in [0.1, 0.15) is 5.54 Å². The fraction of sp³-hybridized carbons (Fsp3) is 0.812. The molecule has 1 fully saturated rings. The number of carbonyl (C=O) groups excluding carboxylic acids is 2. The van der Waals surface area contributed by atoms with Gasteiger partial charge in [-0.2, -0.15) is 11.8 Å². The molecule has 0 aliphatic carbocycles. The van der Waals surface area contributed by atoms with Gasteiger partial charge >= 0.3 is 5.97 Å². The molecule has 23 heavy (non-hydrogen) atoms. The van der Waals surface area contributed by atoms with Gasteiger partial charge in [0.25, 0.3) is 0 Å². The fourth-order valence-corrected chi connectivity index (χ4v) is 4.00. The van der Waals surface area contributed by atoms with Gasteiger partial charge in [0.05, 0.1) is 0 Å². The van der Waals surface area contributed by atoms with Gasteiger partial charge in [0.2, 0.25) is 11.8 Å². The van der Waals surface area contributed by atoms with Crippen LogP contribution in [0.25, 0.3) is 0 Å². The first-order valence-corrected chi connectivity index (χ1v) is 9.50. The lowest BCUT2D eigenvalue weighted by Gasteiger charge is -2.25. The second-order valence-electron chi connectivity index (χ2n) is 5.97. The van der Waals surface area contributed by atoms with Crippen LogP contribution in [-0.4, -0.2) is 57.9 Å². The molecule has 0 spiro atoms. The molecule has 2 amide bonds. The van der Waals surface area contributed by atoms with Crippen LogP contribution in [0.3, 0.4) is 0 Å². The molecule has 0 radical (unpaired) electrons. The van der Waals surface area contributed by atoms with Crippen LogP contribution in [0.1, 0.15) is 52.4 Å². The first-order valence-electron chi connectivity index (χ1n) is 8.35. The fourth-order valence-electron chi connectivity index (χ4n) is 2.67. The number of carbonyl (C=O) groups is 3. The minimum atomic E-state index is -1.12. The normalized spacial score (nSPS) is 20.3. The van der Waals surface area contributed by atoms with Gasteiger partial charge in [-0.25, -0.2) is 4.79 Å². The summed E-state index contributed by atoms with van der Waals surface area (Å²) in [5.41, 5.74) is -1.12. The molecule has 0 saturated carbocycles. The zero-order chi connectivity index (χ0) is 17.3. The minimum Gasteiger partial charge on any atom is -0.479 e. The van der Waals surface area contributed by atoms with E-state index in [-0.39, 0.29) is 18.2 Å². The second kappa shape index (κ2) is 9.80. The maximum Gasteiger partial charge on any atom is 0.330 e. The topological polar surface area (TPSA) is 86.7 Å². The van der Waals surface area contributed by atoms with E-state index in [9.17, 15) is 19.5 Å². The summed E-state index contributed by atoms with van der Waals surface area (Å²) >= 11 is 1.54. The number of carboxylic acids is 1.